The van der Waals surface area contributed by atoms with Crippen molar-refractivity contribution in [3.63, 3.8) is 0 Å². The highest BCUT2D eigenvalue weighted by Crippen LogP contribution is 2.08. The van der Waals surface area contributed by atoms with E-state index < -0.39 is 12.1 Å². The predicted octanol–water partition coefficient (Wildman–Crippen LogP) is 1.89. The van der Waals surface area contributed by atoms with Crippen molar-refractivity contribution in [1.82, 2.24) is 0 Å². The van der Waals surface area contributed by atoms with Gasteiger partial charge in [0, 0.05) is 6.42 Å². The summed E-state index contributed by atoms with van der Waals surface area (Å²) < 4.78 is 4.68. The van der Waals surface area contributed by atoms with E-state index in [1.54, 1.807) is 6.92 Å². The summed E-state index contributed by atoms with van der Waals surface area (Å²) in [7, 11) is 0. The van der Waals surface area contributed by atoms with E-state index >= 15 is 0 Å². The van der Waals surface area contributed by atoms with Gasteiger partial charge in [-0.3, -0.25) is 9.59 Å². The van der Waals surface area contributed by atoms with Crippen molar-refractivity contribution in [3.05, 3.63) is 35.9 Å². The molecule has 1 rings (SSSR count). The largest absolute Gasteiger partial charge is 0.466 e. The first-order valence-electron chi connectivity index (χ1n) is 6.51. The summed E-state index contributed by atoms with van der Waals surface area (Å²) in [6.45, 7) is 1.96. The molecule has 0 amide bonds. The number of carbonyl (C=O) groups is 2. The van der Waals surface area contributed by atoms with Gasteiger partial charge >= 0.3 is 5.97 Å². The maximum Gasteiger partial charge on any atom is 0.313 e. The molecular weight excluding hydrogens is 244 g/mol. The Bertz CT molecular complexity index is 400. The Balaban J connectivity index is 2.25. The minimum absolute atomic E-state index is 0.00560. The third-order valence-electron chi connectivity index (χ3n) is 2.72. The van der Waals surface area contributed by atoms with Crippen LogP contribution in [0.2, 0.25) is 0 Å². The van der Waals surface area contributed by atoms with Crippen molar-refractivity contribution in [1.29, 1.82) is 0 Å². The fourth-order valence-corrected chi connectivity index (χ4v) is 1.79. The second-order valence-electron chi connectivity index (χ2n) is 4.40. The highest BCUT2D eigenvalue weighted by atomic mass is 16.5. The van der Waals surface area contributed by atoms with Crippen LogP contribution >= 0.6 is 0 Å². The molecule has 4 nitrogen and oxygen atoms in total. The van der Waals surface area contributed by atoms with Crippen molar-refractivity contribution in [2.75, 3.05) is 6.61 Å². The van der Waals surface area contributed by atoms with Crippen molar-refractivity contribution in [2.45, 2.75) is 38.7 Å². The molecule has 0 unspecified atom stereocenters. The molecule has 0 spiro atoms. The average molecular weight is 264 g/mol. The molecule has 0 aliphatic carbocycles. The molecule has 0 bridgehead atoms. The first-order valence-corrected chi connectivity index (χ1v) is 6.51. The smallest absolute Gasteiger partial charge is 0.313 e. The highest BCUT2D eigenvalue weighted by Gasteiger charge is 2.15. The number of ether oxygens (including phenoxy) is 1. The van der Waals surface area contributed by atoms with E-state index in [4.69, 9.17) is 0 Å². The fourth-order valence-electron chi connectivity index (χ4n) is 1.79. The third kappa shape index (κ3) is 6.72. The van der Waals surface area contributed by atoms with E-state index in [9.17, 15) is 14.7 Å². The van der Waals surface area contributed by atoms with Crippen LogP contribution in [0, 0.1) is 0 Å². The molecule has 0 radical (unpaired) electrons. The van der Waals surface area contributed by atoms with Gasteiger partial charge in [-0.25, -0.2) is 0 Å². The number of ketones is 1. The van der Waals surface area contributed by atoms with Gasteiger partial charge in [-0.05, 0) is 25.3 Å². The number of hydrogen-bond acceptors (Lipinski definition) is 4. The van der Waals surface area contributed by atoms with Gasteiger partial charge in [0.25, 0.3) is 0 Å². The Morgan fingerprint density at radius 3 is 2.58 bits per heavy atom. The zero-order valence-corrected chi connectivity index (χ0v) is 11.2. The first kappa shape index (κ1) is 15.4. The summed E-state index contributed by atoms with van der Waals surface area (Å²) in [6.07, 6.45) is 0.275. The molecule has 0 aliphatic rings. The number of rotatable bonds is 8. The van der Waals surface area contributed by atoms with E-state index in [1.165, 1.54) is 0 Å². The van der Waals surface area contributed by atoms with Crippen molar-refractivity contribution in [2.24, 2.45) is 0 Å². The highest BCUT2D eigenvalue weighted by molar-refractivity contribution is 5.95. The van der Waals surface area contributed by atoms with Crippen LogP contribution in [0.25, 0.3) is 0 Å². The first-order chi connectivity index (χ1) is 9.11. The van der Waals surface area contributed by atoms with Gasteiger partial charge < -0.3 is 9.84 Å². The minimum atomic E-state index is -0.706. The Kier molecular flexibility index (Phi) is 6.82. The molecule has 1 aromatic carbocycles. The molecule has 0 saturated heterocycles. The number of carbonyl (C=O) groups excluding carboxylic acids is 2. The monoisotopic (exact) mass is 264 g/mol. The maximum atomic E-state index is 11.5. The van der Waals surface area contributed by atoms with Crippen LogP contribution in [0.4, 0.5) is 0 Å². The normalized spacial score (nSPS) is 11.9. The van der Waals surface area contributed by atoms with E-state index in [2.05, 4.69) is 4.74 Å². The molecule has 19 heavy (non-hydrogen) atoms. The van der Waals surface area contributed by atoms with Crippen molar-refractivity contribution < 1.29 is 19.4 Å². The second kappa shape index (κ2) is 8.43. The van der Waals surface area contributed by atoms with E-state index in [0.29, 0.717) is 12.8 Å². The quantitative estimate of drug-likeness (QED) is 0.575. The molecule has 0 saturated carbocycles. The second-order valence-corrected chi connectivity index (χ2v) is 4.40. The third-order valence-corrected chi connectivity index (χ3v) is 2.72. The average Bonchev–Trinajstić information content (AvgIpc) is 2.37. The number of aryl methyl sites for hydroxylation is 1. The van der Waals surface area contributed by atoms with E-state index in [0.717, 1.165) is 5.56 Å². The summed E-state index contributed by atoms with van der Waals surface area (Å²) in [5.41, 5.74) is 1.12. The fraction of sp³-hybridized carbons (Fsp3) is 0.467. The van der Waals surface area contributed by atoms with Crippen LogP contribution in [0.5, 0.6) is 0 Å². The van der Waals surface area contributed by atoms with Gasteiger partial charge in [-0.2, -0.15) is 0 Å². The number of aliphatic hydroxyl groups excluding tert-OH is 1. The molecule has 1 N–H and O–H groups in total. The van der Waals surface area contributed by atoms with E-state index in [1.807, 2.05) is 30.3 Å². The number of esters is 1. The summed E-state index contributed by atoms with van der Waals surface area (Å²) in [5, 5.41) is 9.75. The van der Waals surface area contributed by atoms with Gasteiger partial charge in [0.15, 0.2) is 0 Å². The number of aliphatic hydroxyl groups is 1. The summed E-state index contributed by atoms with van der Waals surface area (Å²) in [4.78, 5) is 22.6. The summed E-state index contributed by atoms with van der Waals surface area (Å²) >= 11 is 0. The number of hydrogen-bond donors (Lipinski definition) is 1. The Labute approximate surface area is 113 Å². The molecule has 0 aliphatic heterocycles. The van der Waals surface area contributed by atoms with Crippen LogP contribution in [0.1, 0.15) is 31.7 Å². The lowest BCUT2D eigenvalue weighted by molar-refractivity contribution is -0.145. The molecule has 4 heteroatoms. The van der Waals surface area contributed by atoms with Crippen LogP contribution in [0.15, 0.2) is 30.3 Å². The molecule has 1 aromatic rings. The number of benzene rings is 1. The van der Waals surface area contributed by atoms with Gasteiger partial charge in [0.05, 0.1) is 12.7 Å². The van der Waals surface area contributed by atoms with Crippen LogP contribution in [0.3, 0.4) is 0 Å². The lowest BCUT2D eigenvalue weighted by atomic mass is 10.0. The lowest BCUT2D eigenvalue weighted by Gasteiger charge is -2.09. The maximum absolute atomic E-state index is 11.5. The van der Waals surface area contributed by atoms with Crippen LogP contribution in [-0.2, 0) is 20.7 Å². The standard InChI is InChI=1S/C15H20O4/c1-2-19-15(18)11-14(17)10-13(16)9-8-12-6-4-3-5-7-12/h3-7,13,16H,2,8-11H2,1H3/t13-/m0/s1. The van der Waals surface area contributed by atoms with Gasteiger partial charge in [0.1, 0.15) is 12.2 Å². The Hall–Kier alpha value is -1.68. The molecule has 0 aromatic heterocycles. The SMILES string of the molecule is CCOC(=O)CC(=O)C[C@@H](O)CCc1ccccc1. The van der Waals surface area contributed by atoms with Crippen LogP contribution in [-0.4, -0.2) is 29.6 Å². The lowest BCUT2D eigenvalue weighted by Crippen LogP contribution is -2.18. The van der Waals surface area contributed by atoms with Gasteiger partial charge in [0.2, 0.25) is 0 Å². The topological polar surface area (TPSA) is 63.6 Å². The van der Waals surface area contributed by atoms with Crippen LogP contribution < -0.4 is 0 Å². The summed E-state index contributed by atoms with van der Waals surface area (Å²) in [6, 6.07) is 9.77. The zero-order valence-electron chi connectivity index (χ0n) is 11.2. The Morgan fingerprint density at radius 1 is 1.26 bits per heavy atom. The zero-order chi connectivity index (χ0) is 14.1. The molecule has 1 atom stereocenters. The summed E-state index contributed by atoms with van der Waals surface area (Å²) in [5.74, 6) is -0.804. The molecular formula is C15H20O4. The van der Waals surface area contributed by atoms with Gasteiger partial charge in [-0.15, -0.1) is 0 Å². The van der Waals surface area contributed by atoms with E-state index in [-0.39, 0.29) is 25.2 Å². The molecule has 104 valence electrons. The number of Topliss-reactive ketones (excluding diaryl/α,β-unsaturated/α-hetero) is 1. The molecule has 0 fully saturated rings. The van der Waals surface area contributed by atoms with Gasteiger partial charge in [-0.1, -0.05) is 30.3 Å². The Morgan fingerprint density at radius 2 is 1.95 bits per heavy atom. The van der Waals surface area contributed by atoms with Crippen molar-refractivity contribution >= 4 is 11.8 Å². The predicted molar refractivity (Wildman–Crippen MR) is 71.6 cm³/mol. The minimum Gasteiger partial charge on any atom is -0.466 e. The molecule has 0 heterocycles. The van der Waals surface area contributed by atoms with Crippen molar-refractivity contribution in [3.8, 4) is 0 Å².